The van der Waals surface area contributed by atoms with E-state index < -0.39 is 22.6 Å². The normalized spacial score (nSPS) is 10.6. The van der Waals surface area contributed by atoms with Gasteiger partial charge in [0.25, 0.3) is 6.43 Å². The first-order chi connectivity index (χ1) is 6.43. The molecule has 0 fully saturated rings. The third-order valence-corrected chi connectivity index (χ3v) is 1.90. The van der Waals surface area contributed by atoms with Gasteiger partial charge in [-0.05, 0) is 6.92 Å². The molecule has 4 nitrogen and oxygen atoms in total. The van der Waals surface area contributed by atoms with E-state index in [1.165, 1.54) is 6.92 Å². The van der Waals surface area contributed by atoms with Gasteiger partial charge in [-0.25, -0.2) is 13.8 Å². The number of rotatable bonds is 2. The van der Waals surface area contributed by atoms with Crippen LogP contribution >= 0.6 is 11.6 Å². The Morgan fingerprint density at radius 3 is 2.64 bits per heavy atom. The van der Waals surface area contributed by atoms with Gasteiger partial charge in [-0.3, -0.25) is 10.1 Å². The van der Waals surface area contributed by atoms with Crippen molar-refractivity contribution in [1.29, 1.82) is 0 Å². The van der Waals surface area contributed by atoms with Crippen LogP contribution in [0.1, 0.15) is 17.7 Å². The number of aryl methyl sites for hydroxylation is 1. The second kappa shape index (κ2) is 3.83. The molecular formula is C7H5ClF2N2O2. The molecule has 1 heterocycles. The molecule has 0 N–H and O–H groups in total. The standard InChI is InChI=1S/C7H5ClF2N2O2/c1-3-4(7(9)10)2-5(12(13)14)6(8)11-3/h2,7H,1H3. The van der Waals surface area contributed by atoms with Crippen LogP contribution in [0.15, 0.2) is 6.07 Å². The summed E-state index contributed by atoms with van der Waals surface area (Å²) in [5.41, 5.74) is -1.08. The van der Waals surface area contributed by atoms with Crippen molar-refractivity contribution in [1.82, 2.24) is 4.98 Å². The molecule has 1 aromatic heterocycles. The van der Waals surface area contributed by atoms with E-state index in [1.807, 2.05) is 0 Å². The highest BCUT2D eigenvalue weighted by Gasteiger charge is 2.21. The highest BCUT2D eigenvalue weighted by molar-refractivity contribution is 6.31. The maximum Gasteiger partial charge on any atom is 0.306 e. The first-order valence-electron chi connectivity index (χ1n) is 3.53. The predicted molar refractivity (Wildman–Crippen MR) is 45.6 cm³/mol. The number of aromatic nitrogens is 1. The van der Waals surface area contributed by atoms with Crippen molar-refractivity contribution in [2.75, 3.05) is 0 Å². The van der Waals surface area contributed by atoms with Crippen LogP contribution < -0.4 is 0 Å². The fourth-order valence-electron chi connectivity index (χ4n) is 0.929. The summed E-state index contributed by atoms with van der Waals surface area (Å²) >= 11 is 5.40. The van der Waals surface area contributed by atoms with E-state index in [-0.39, 0.29) is 10.8 Å². The van der Waals surface area contributed by atoms with E-state index in [9.17, 15) is 18.9 Å². The number of hydrogen-bond donors (Lipinski definition) is 0. The summed E-state index contributed by atoms with van der Waals surface area (Å²) in [5, 5.41) is 9.97. The van der Waals surface area contributed by atoms with E-state index in [2.05, 4.69) is 4.98 Å². The summed E-state index contributed by atoms with van der Waals surface area (Å²) < 4.78 is 24.6. The lowest BCUT2D eigenvalue weighted by Crippen LogP contribution is -1.98. The molecular weight excluding hydrogens is 218 g/mol. The van der Waals surface area contributed by atoms with Gasteiger partial charge in [0.15, 0.2) is 0 Å². The van der Waals surface area contributed by atoms with Crippen LogP contribution in [0.2, 0.25) is 5.15 Å². The molecule has 0 radical (unpaired) electrons. The van der Waals surface area contributed by atoms with Crippen molar-refractivity contribution in [2.45, 2.75) is 13.3 Å². The van der Waals surface area contributed by atoms with Crippen LogP contribution in [0.4, 0.5) is 14.5 Å². The van der Waals surface area contributed by atoms with Crippen LogP contribution in [-0.4, -0.2) is 9.91 Å². The second-order valence-corrected chi connectivity index (χ2v) is 2.89. The number of nitro groups is 1. The Kier molecular flexibility index (Phi) is 2.95. The minimum Gasteiger partial charge on any atom is -0.258 e. The van der Waals surface area contributed by atoms with Gasteiger partial charge in [0.2, 0.25) is 5.15 Å². The summed E-state index contributed by atoms with van der Waals surface area (Å²) in [6.45, 7) is 1.32. The van der Waals surface area contributed by atoms with Crippen LogP contribution in [-0.2, 0) is 0 Å². The SMILES string of the molecule is Cc1nc(Cl)c([N+](=O)[O-])cc1C(F)F. The minimum atomic E-state index is -2.79. The molecule has 0 spiro atoms. The number of nitrogens with zero attached hydrogens (tertiary/aromatic N) is 2. The molecule has 7 heteroatoms. The topological polar surface area (TPSA) is 56.0 Å². The molecule has 1 rings (SSSR count). The highest BCUT2D eigenvalue weighted by Crippen LogP contribution is 2.29. The van der Waals surface area contributed by atoms with Crippen LogP contribution in [0.25, 0.3) is 0 Å². The molecule has 0 unspecified atom stereocenters. The largest absolute Gasteiger partial charge is 0.306 e. The molecule has 0 atom stereocenters. The number of alkyl halides is 2. The molecule has 14 heavy (non-hydrogen) atoms. The summed E-state index contributed by atoms with van der Waals surface area (Å²) in [4.78, 5) is 13.0. The van der Waals surface area contributed by atoms with Gasteiger partial charge in [0.05, 0.1) is 4.92 Å². The van der Waals surface area contributed by atoms with Gasteiger partial charge in [-0.1, -0.05) is 11.6 Å². The summed E-state index contributed by atoms with van der Waals surface area (Å²) in [6, 6.07) is 0.745. The molecule has 76 valence electrons. The minimum absolute atomic E-state index is 0.00407. The quantitative estimate of drug-likeness (QED) is 0.439. The van der Waals surface area contributed by atoms with Crippen LogP contribution in [0.3, 0.4) is 0 Å². The van der Waals surface area contributed by atoms with Crippen LogP contribution in [0, 0.1) is 17.0 Å². The zero-order valence-corrected chi connectivity index (χ0v) is 7.76. The van der Waals surface area contributed by atoms with Crippen molar-refractivity contribution in [3.63, 3.8) is 0 Å². The molecule has 0 bridgehead atoms. The predicted octanol–water partition coefficient (Wildman–Crippen LogP) is 2.89. The first kappa shape index (κ1) is 10.8. The van der Waals surface area contributed by atoms with Crippen LogP contribution in [0.5, 0.6) is 0 Å². The monoisotopic (exact) mass is 222 g/mol. The maximum atomic E-state index is 12.3. The third kappa shape index (κ3) is 1.95. The highest BCUT2D eigenvalue weighted by atomic mass is 35.5. The van der Waals surface area contributed by atoms with Crippen molar-refractivity contribution in [3.8, 4) is 0 Å². The fraction of sp³-hybridized carbons (Fsp3) is 0.286. The Balaban J connectivity index is 3.34. The fourth-order valence-corrected chi connectivity index (χ4v) is 1.18. The maximum absolute atomic E-state index is 12.3. The van der Waals surface area contributed by atoms with Crippen molar-refractivity contribution in [2.24, 2.45) is 0 Å². The van der Waals surface area contributed by atoms with E-state index in [0.717, 1.165) is 6.07 Å². The lowest BCUT2D eigenvalue weighted by molar-refractivity contribution is -0.385. The Bertz CT molecular complexity index is 384. The van der Waals surface area contributed by atoms with Gasteiger partial charge in [0, 0.05) is 17.3 Å². The Labute approximate surface area is 82.7 Å². The van der Waals surface area contributed by atoms with Crippen molar-refractivity contribution < 1.29 is 13.7 Å². The van der Waals surface area contributed by atoms with Gasteiger partial charge in [-0.2, -0.15) is 0 Å². The summed E-state index contributed by atoms with van der Waals surface area (Å²) in [7, 11) is 0. The number of pyridine rings is 1. The average Bonchev–Trinajstić information content (AvgIpc) is 2.02. The average molecular weight is 223 g/mol. The molecule has 0 aromatic carbocycles. The van der Waals surface area contributed by atoms with E-state index >= 15 is 0 Å². The van der Waals surface area contributed by atoms with Crippen molar-refractivity contribution in [3.05, 3.63) is 32.6 Å². The first-order valence-corrected chi connectivity index (χ1v) is 3.91. The molecule has 0 saturated carbocycles. The van der Waals surface area contributed by atoms with E-state index in [0.29, 0.717) is 0 Å². The molecule has 0 saturated heterocycles. The number of hydrogen-bond acceptors (Lipinski definition) is 3. The van der Waals surface area contributed by atoms with Gasteiger partial charge >= 0.3 is 5.69 Å². The Morgan fingerprint density at radius 2 is 2.21 bits per heavy atom. The lowest BCUT2D eigenvalue weighted by Gasteiger charge is -2.03. The van der Waals surface area contributed by atoms with Crippen molar-refractivity contribution >= 4 is 17.3 Å². The molecule has 0 aliphatic rings. The molecule has 1 aromatic rings. The molecule has 0 aliphatic heterocycles. The lowest BCUT2D eigenvalue weighted by atomic mass is 10.2. The zero-order chi connectivity index (χ0) is 10.9. The Morgan fingerprint density at radius 1 is 1.64 bits per heavy atom. The van der Waals surface area contributed by atoms with E-state index in [4.69, 9.17) is 11.6 Å². The smallest absolute Gasteiger partial charge is 0.258 e. The third-order valence-electron chi connectivity index (χ3n) is 1.62. The second-order valence-electron chi connectivity index (χ2n) is 2.53. The summed E-state index contributed by atoms with van der Waals surface area (Å²) in [5.74, 6) is 0. The summed E-state index contributed by atoms with van der Waals surface area (Å²) in [6.07, 6.45) is -2.79. The molecule has 0 amide bonds. The molecule has 0 aliphatic carbocycles. The zero-order valence-electron chi connectivity index (χ0n) is 7.00. The van der Waals surface area contributed by atoms with Gasteiger partial charge < -0.3 is 0 Å². The van der Waals surface area contributed by atoms with Gasteiger partial charge in [-0.15, -0.1) is 0 Å². The number of halogens is 3. The van der Waals surface area contributed by atoms with Gasteiger partial charge in [0.1, 0.15) is 0 Å². The Hall–Kier alpha value is -1.30. The van der Waals surface area contributed by atoms with E-state index in [1.54, 1.807) is 0 Å².